The average molecular weight is 299 g/mol. The van der Waals surface area contributed by atoms with Crippen molar-refractivity contribution in [3.8, 4) is 0 Å². The van der Waals surface area contributed by atoms with Crippen LogP contribution in [0.1, 0.15) is 25.0 Å². The van der Waals surface area contributed by atoms with Crippen LogP contribution in [0.2, 0.25) is 0 Å². The molecule has 0 radical (unpaired) electrons. The van der Waals surface area contributed by atoms with Crippen LogP contribution in [0.15, 0.2) is 29.4 Å². The van der Waals surface area contributed by atoms with Gasteiger partial charge in [-0.15, -0.1) is 0 Å². The van der Waals surface area contributed by atoms with Gasteiger partial charge in [-0.05, 0) is 31.9 Å². The first-order valence-corrected chi connectivity index (χ1v) is 7.31. The van der Waals surface area contributed by atoms with E-state index in [1.54, 1.807) is 6.21 Å². The third-order valence-electron chi connectivity index (χ3n) is 2.86. The van der Waals surface area contributed by atoms with Gasteiger partial charge in [-0.2, -0.15) is 20.1 Å². The van der Waals surface area contributed by atoms with Crippen LogP contribution in [0.3, 0.4) is 0 Å². The van der Waals surface area contributed by atoms with Gasteiger partial charge in [0, 0.05) is 13.1 Å². The highest BCUT2D eigenvalue weighted by molar-refractivity contribution is 5.81. The van der Waals surface area contributed by atoms with Crippen molar-refractivity contribution in [1.82, 2.24) is 15.0 Å². The molecule has 0 spiro atoms. The van der Waals surface area contributed by atoms with Gasteiger partial charge in [0.25, 0.3) is 0 Å². The molecule has 1 heterocycles. The Labute approximate surface area is 130 Å². The van der Waals surface area contributed by atoms with E-state index >= 15 is 0 Å². The predicted molar refractivity (Wildman–Crippen MR) is 90.6 cm³/mol. The molecule has 7 heteroatoms. The van der Waals surface area contributed by atoms with Crippen LogP contribution in [0.4, 0.5) is 17.8 Å². The Kier molecular flexibility index (Phi) is 5.65. The first kappa shape index (κ1) is 15.7. The highest BCUT2D eigenvalue weighted by atomic mass is 15.4. The summed E-state index contributed by atoms with van der Waals surface area (Å²) in [6.45, 7) is 7.49. The number of hydrogen-bond acceptors (Lipinski definition) is 7. The summed E-state index contributed by atoms with van der Waals surface area (Å²) >= 11 is 0. The summed E-state index contributed by atoms with van der Waals surface area (Å²) in [4.78, 5) is 12.8. The fraction of sp³-hybridized carbons (Fsp3) is 0.333. The smallest absolute Gasteiger partial charge is 0.250 e. The van der Waals surface area contributed by atoms with E-state index in [9.17, 15) is 0 Å². The fourth-order valence-corrected chi connectivity index (χ4v) is 1.79. The second kappa shape index (κ2) is 7.92. The van der Waals surface area contributed by atoms with E-state index in [0.29, 0.717) is 17.8 Å². The Morgan fingerprint density at radius 3 is 2.14 bits per heavy atom. The van der Waals surface area contributed by atoms with Crippen molar-refractivity contribution in [2.45, 2.75) is 20.8 Å². The van der Waals surface area contributed by atoms with Gasteiger partial charge in [0.05, 0.1) is 6.21 Å². The van der Waals surface area contributed by atoms with E-state index < -0.39 is 0 Å². The van der Waals surface area contributed by atoms with Crippen molar-refractivity contribution in [1.29, 1.82) is 0 Å². The van der Waals surface area contributed by atoms with Crippen LogP contribution in [0.25, 0.3) is 0 Å². The zero-order valence-corrected chi connectivity index (χ0v) is 13.1. The van der Waals surface area contributed by atoms with Gasteiger partial charge in [-0.25, -0.2) is 5.43 Å². The molecular formula is C15H21N7. The van der Waals surface area contributed by atoms with Crippen molar-refractivity contribution in [3.63, 3.8) is 0 Å². The monoisotopic (exact) mass is 299 g/mol. The lowest BCUT2D eigenvalue weighted by molar-refractivity contribution is 0.992. The molecular weight excluding hydrogens is 278 g/mol. The van der Waals surface area contributed by atoms with Crippen LogP contribution in [-0.2, 0) is 0 Å². The topological polar surface area (TPSA) is 87.1 Å². The van der Waals surface area contributed by atoms with E-state index in [4.69, 9.17) is 0 Å². The van der Waals surface area contributed by atoms with Gasteiger partial charge >= 0.3 is 0 Å². The molecule has 1 aromatic heterocycles. The number of hydrogen-bond donors (Lipinski definition) is 3. The molecule has 1 aromatic carbocycles. The number of nitrogens with one attached hydrogen (secondary N) is 3. The molecule has 0 saturated carbocycles. The fourth-order valence-electron chi connectivity index (χ4n) is 1.79. The Balaban J connectivity index is 2.12. The standard InChI is InChI=1S/C15H21N7/c1-4-16-13-19-14(17-5-2)21-15(20-13)22-18-10-12-9-7-6-8-11(12)3/h6-10H,4-5H2,1-3H3,(H3,16,17,19,20,21,22)/b18-10+. The number of anilines is 3. The maximum Gasteiger partial charge on any atom is 0.250 e. The Hall–Kier alpha value is -2.70. The summed E-state index contributed by atoms with van der Waals surface area (Å²) in [5, 5.41) is 10.3. The number of aryl methyl sites for hydroxylation is 1. The summed E-state index contributed by atoms with van der Waals surface area (Å²) in [7, 11) is 0. The molecule has 3 N–H and O–H groups in total. The van der Waals surface area contributed by atoms with Crippen LogP contribution in [0.5, 0.6) is 0 Å². The van der Waals surface area contributed by atoms with Gasteiger partial charge in [-0.3, -0.25) is 0 Å². The number of benzene rings is 1. The van der Waals surface area contributed by atoms with Gasteiger partial charge in [0.15, 0.2) is 0 Å². The molecule has 7 nitrogen and oxygen atoms in total. The van der Waals surface area contributed by atoms with E-state index in [1.807, 2.05) is 45.0 Å². The van der Waals surface area contributed by atoms with E-state index in [2.05, 4.69) is 36.1 Å². The second-order valence-corrected chi connectivity index (χ2v) is 4.59. The average Bonchev–Trinajstić information content (AvgIpc) is 2.50. The van der Waals surface area contributed by atoms with Crippen LogP contribution in [0, 0.1) is 6.92 Å². The first-order valence-electron chi connectivity index (χ1n) is 7.31. The Morgan fingerprint density at radius 1 is 0.955 bits per heavy atom. The predicted octanol–water partition coefficient (Wildman–Crippen LogP) is 2.49. The zero-order valence-electron chi connectivity index (χ0n) is 13.1. The highest BCUT2D eigenvalue weighted by Gasteiger charge is 2.04. The SMILES string of the molecule is CCNc1nc(NCC)nc(N/N=C/c2ccccc2C)n1. The van der Waals surface area contributed by atoms with Crippen molar-refractivity contribution in [3.05, 3.63) is 35.4 Å². The van der Waals surface area contributed by atoms with Crippen LogP contribution in [-0.4, -0.2) is 34.3 Å². The second-order valence-electron chi connectivity index (χ2n) is 4.59. The highest BCUT2D eigenvalue weighted by Crippen LogP contribution is 2.09. The minimum Gasteiger partial charge on any atom is -0.354 e. The van der Waals surface area contributed by atoms with E-state index in [-0.39, 0.29) is 0 Å². The van der Waals surface area contributed by atoms with Crippen molar-refractivity contribution in [2.24, 2.45) is 5.10 Å². The normalized spacial score (nSPS) is 10.7. The molecule has 0 aliphatic rings. The number of nitrogens with zero attached hydrogens (tertiary/aromatic N) is 4. The summed E-state index contributed by atoms with van der Waals surface area (Å²) in [6.07, 6.45) is 1.75. The van der Waals surface area contributed by atoms with Crippen molar-refractivity contribution < 1.29 is 0 Å². The number of hydrazone groups is 1. The van der Waals surface area contributed by atoms with Crippen molar-refractivity contribution in [2.75, 3.05) is 29.1 Å². The van der Waals surface area contributed by atoms with E-state index in [1.165, 1.54) is 0 Å². The number of aromatic nitrogens is 3. The van der Waals surface area contributed by atoms with Gasteiger partial charge in [-0.1, -0.05) is 24.3 Å². The van der Waals surface area contributed by atoms with Crippen molar-refractivity contribution >= 4 is 24.1 Å². The maximum atomic E-state index is 4.26. The quantitative estimate of drug-likeness (QED) is 0.538. The molecule has 0 saturated heterocycles. The zero-order chi connectivity index (χ0) is 15.8. The molecule has 0 unspecified atom stereocenters. The molecule has 2 rings (SSSR count). The molecule has 0 bridgehead atoms. The largest absolute Gasteiger partial charge is 0.354 e. The molecule has 0 aliphatic carbocycles. The summed E-state index contributed by atoms with van der Waals surface area (Å²) in [6, 6.07) is 8.01. The third-order valence-corrected chi connectivity index (χ3v) is 2.86. The maximum absolute atomic E-state index is 4.26. The molecule has 0 aliphatic heterocycles. The summed E-state index contributed by atoms with van der Waals surface area (Å²) < 4.78 is 0. The Morgan fingerprint density at radius 2 is 1.55 bits per heavy atom. The van der Waals surface area contributed by atoms with Gasteiger partial charge in [0.2, 0.25) is 17.8 Å². The Bertz CT molecular complexity index is 615. The molecule has 22 heavy (non-hydrogen) atoms. The molecule has 2 aromatic rings. The lowest BCUT2D eigenvalue weighted by Crippen LogP contribution is -2.10. The summed E-state index contributed by atoms with van der Waals surface area (Å²) in [5.41, 5.74) is 5.05. The minimum absolute atomic E-state index is 0.395. The lowest BCUT2D eigenvalue weighted by Gasteiger charge is -2.07. The molecule has 0 fully saturated rings. The third kappa shape index (κ3) is 4.41. The number of rotatable bonds is 7. The molecule has 0 atom stereocenters. The minimum atomic E-state index is 0.395. The lowest BCUT2D eigenvalue weighted by atomic mass is 10.1. The first-order chi connectivity index (χ1) is 10.7. The van der Waals surface area contributed by atoms with Gasteiger partial charge < -0.3 is 10.6 Å². The van der Waals surface area contributed by atoms with Crippen LogP contribution < -0.4 is 16.1 Å². The summed E-state index contributed by atoms with van der Waals surface area (Å²) in [5.74, 6) is 1.43. The van der Waals surface area contributed by atoms with E-state index in [0.717, 1.165) is 24.2 Å². The van der Waals surface area contributed by atoms with Gasteiger partial charge in [0.1, 0.15) is 0 Å². The van der Waals surface area contributed by atoms with Crippen LogP contribution >= 0.6 is 0 Å². The molecule has 0 amide bonds. The molecule has 116 valence electrons.